The molecule has 3 aliphatic rings. The third kappa shape index (κ3) is 2.90. The van der Waals surface area contributed by atoms with Crippen LogP contribution >= 0.6 is 0 Å². The molecule has 2 aromatic carbocycles. The lowest BCUT2D eigenvalue weighted by Crippen LogP contribution is -2.57. The number of carbonyl (C=O) groups excluding carboxylic acids is 3. The molecule has 0 heterocycles. The van der Waals surface area contributed by atoms with Crippen molar-refractivity contribution < 1.29 is 34.8 Å². The number of aliphatic hydroxyl groups excluding tert-OH is 2. The average molecular weight is 460 g/mol. The van der Waals surface area contributed by atoms with Gasteiger partial charge in [-0.3, -0.25) is 14.4 Å². The molecule has 5 rings (SSSR count). The number of carbonyl (C=O) groups is 3. The van der Waals surface area contributed by atoms with Crippen LogP contribution in [-0.2, 0) is 20.8 Å². The molecule has 0 aromatic heterocycles. The van der Waals surface area contributed by atoms with Gasteiger partial charge in [-0.15, -0.1) is 0 Å². The van der Waals surface area contributed by atoms with Crippen LogP contribution in [0.1, 0.15) is 36.5 Å². The fourth-order valence-electron chi connectivity index (χ4n) is 5.81. The Balaban J connectivity index is 1.71. The van der Waals surface area contributed by atoms with Gasteiger partial charge in [0.1, 0.15) is 22.8 Å². The average Bonchev–Trinajstić information content (AvgIpc) is 2.76. The molecule has 7 nitrogen and oxygen atoms in total. The molecule has 0 radical (unpaired) electrons. The second-order valence-electron chi connectivity index (χ2n) is 9.45. The summed E-state index contributed by atoms with van der Waals surface area (Å²) in [6.45, 7) is 3.05. The highest BCUT2D eigenvalue weighted by atomic mass is 16.3. The zero-order valence-corrected chi connectivity index (χ0v) is 18.8. The third-order valence-electron chi connectivity index (χ3n) is 7.38. The van der Waals surface area contributed by atoms with Crippen molar-refractivity contribution in [2.75, 3.05) is 0 Å². The molecule has 0 unspecified atom stereocenters. The lowest BCUT2D eigenvalue weighted by Gasteiger charge is -2.46. The summed E-state index contributed by atoms with van der Waals surface area (Å²) in [6, 6.07) is 11.0. The van der Waals surface area contributed by atoms with Gasteiger partial charge in [-0.2, -0.15) is 0 Å². The van der Waals surface area contributed by atoms with Gasteiger partial charge in [0.2, 0.25) is 5.78 Å². The van der Waals surface area contributed by atoms with Crippen LogP contribution in [0.3, 0.4) is 0 Å². The minimum Gasteiger partial charge on any atom is -0.508 e. The second-order valence-corrected chi connectivity index (χ2v) is 9.45. The first-order valence-electron chi connectivity index (χ1n) is 11.2. The van der Waals surface area contributed by atoms with E-state index in [2.05, 4.69) is 0 Å². The number of aliphatic hydroxyl groups is 3. The fraction of sp³-hybridized carbons (Fsp3) is 0.296. The standard InChI is InChI=1S/C27H24O7/c1-12-4-3-5-14(8-12)17-6-7-19(29)23-18(17)10-15-9-16-11-20(30)21(13(2)28)25(32)27(16,34)26(33)22(15)24(23)31/h3-8,15-16,29,31-32,34H,9-11H2,1-2H3/t15-,16+,27-/m1/s1. The molecule has 4 N–H and O–H groups in total. The van der Waals surface area contributed by atoms with Crippen molar-refractivity contribution in [3.8, 4) is 16.9 Å². The Morgan fingerprint density at radius 2 is 1.79 bits per heavy atom. The highest BCUT2D eigenvalue weighted by molar-refractivity contribution is 6.23. The molecule has 3 atom stereocenters. The van der Waals surface area contributed by atoms with E-state index in [1.54, 1.807) is 6.07 Å². The maximum absolute atomic E-state index is 13.6. The van der Waals surface area contributed by atoms with E-state index in [0.717, 1.165) is 23.6 Å². The molecule has 2 aromatic rings. The Labute approximate surface area is 195 Å². The first-order chi connectivity index (χ1) is 16.1. The van der Waals surface area contributed by atoms with Crippen LogP contribution in [0, 0.1) is 18.8 Å². The Morgan fingerprint density at radius 3 is 2.47 bits per heavy atom. The molecule has 0 aliphatic heterocycles. The van der Waals surface area contributed by atoms with Gasteiger partial charge in [0.25, 0.3) is 0 Å². The predicted octanol–water partition coefficient (Wildman–Crippen LogP) is 3.50. The lowest BCUT2D eigenvalue weighted by atomic mass is 9.59. The van der Waals surface area contributed by atoms with Gasteiger partial charge >= 0.3 is 0 Å². The summed E-state index contributed by atoms with van der Waals surface area (Å²) in [4.78, 5) is 38.0. The summed E-state index contributed by atoms with van der Waals surface area (Å²) >= 11 is 0. The van der Waals surface area contributed by atoms with Gasteiger partial charge in [0.05, 0.1) is 5.56 Å². The summed E-state index contributed by atoms with van der Waals surface area (Å²) in [6.07, 6.45) is 0.178. The second kappa shape index (κ2) is 7.40. The largest absolute Gasteiger partial charge is 0.508 e. The number of rotatable bonds is 2. The number of aromatic hydroxyl groups is 1. The minimum absolute atomic E-state index is 0.105. The molecule has 3 aliphatic carbocycles. The number of hydrogen-bond acceptors (Lipinski definition) is 7. The van der Waals surface area contributed by atoms with E-state index in [0.29, 0.717) is 12.0 Å². The van der Waals surface area contributed by atoms with Crippen LogP contribution in [0.5, 0.6) is 5.75 Å². The molecule has 0 saturated heterocycles. The smallest absolute Gasteiger partial charge is 0.202 e. The molecule has 1 fully saturated rings. The number of Topliss-reactive ketones (excluding diaryl/α,β-unsaturated/α-hetero) is 3. The van der Waals surface area contributed by atoms with Crippen LogP contribution in [0.25, 0.3) is 16.9 Å². The van der Waals surface area contributed by atoms with E-state index < -0.39 is 51.9 Å². The Morgan fingerprint density at radius 1 is 1.06 bits per heavy atom. The maximum atomic E-state index is 13.6. The number of benzene rings is 2. The summed E-state index contributed by atoms with van der Waals surface area (Å²) in [5.41, 5.74) is 0.359. The lowest BCUT2D eigenvalue weighted by molar-refractivity contribution is -0.147. The highest BCUT2D eigenvalue weighted by Gasteiger charge is 2.60. The molecule has 0 amide bonds. The molecule has 1 saturated carbocycles. The zero-order valence-electron chi connectivity index (χ0n) is 18.8. The molecule has 34 heavy (non-hydrogen) atoms. The summed E-state index contributed by atoms with van der Waals surface area (Å²) < 4.78 is 0. The van der Waals surface area contributed by atoms with E-state index in [-0.39, 0.29) is 29.7 Å². The number of phenolic OH excluding ortho intramolecular Hbond substituents is 1. The Kier molecular flexibility index (Phi) is 4.81. The molecule has 174 valence electrons. The van der Waals surface area contributed by atoms with Crippen LogP contribution in [-0.4, -0.2) is 43.4 Å². The molecule has 7 heteroatoms. The third-order valence-corrected chi connectivity index (χ3v) is 7.38. The number of hydrogen-bond donors (Lipinski definition) is 4. The molecule has 0 spiro atoms. The SMILES string of the molecule is CC(=O)C1=C(O)[C@@]2(O)C(=O)C3=C(O)c4c(O)ccc(-c5cccc(C)c5)c4C[C@H]3C[C@H]2CC1=O. The monoisotopic (exact) mass is 460 g/mol. The van der Waals surface area contributed by atoms with Crippen molar-refractivity contribution in [3.05, 3.63) is 70.0 Å². The number of ketones is 3. The number of aryl methyl sites for hydroxylation is 1. The highest BCUT2D eigenvalue weighted by Crippen LogP contribution is 2.53. The fourth-order valence-corrected chi connectivity index (χ4v) is 5.81. The summed E-state index contributed by atoms with van der Waals surface area (Å²) in [7, 11) is 0. The number of fused-ring (bicyclic) bond motifs is 3. The van der Waals surface area contributed by atoms with E-state index in [4.69, 9.17) is 0 Å². The van der Waals surface area contributed by atoms with Crippen molar-refractivity contribution >= 4 is 23.1 Å². The van der Waals surface area contributed by atoms with Gasteiger partial charge in [0.15, 0.2) is 17.2 Å². The summed E-state index contributed by atoms with van der Waals surface area (Å²) in [5.74, 6) is -5.37. The van der Waals surface area contributed by atoms with Gasteiger partial charge in [0, 0.05) is 17.9 Å². The van der Waals surface area contributed by atoms with Gasteiger partial charge in [-0.25, -0.2) is 0 Å². The van der Waals surface area contributed by atoms with Crippen LogP contribution in [0.15, 0.2) is 53.3 Å². The van der Waals surface area contributed by atoms with Crippen LogP contribution in [0.4, 0.5) is 0 Å². The topological polar surface area (TPSA) is 132 Å². The zero-order chi connectivity index (χ0) is 24.5. The van der Waals surface area contributed by atoms with E-state index >= 15 is 0 Å². The van der Waals surface area contributed by atoms with Gasteiger partial charge in [-0.05, 0) is 55.4 Å². The van der Waals surface area contributed by atoms with Crippen molar-refractivity contribution in [1.82, 2.24) is 0 Å². The van der Waals surface area contributed by atoms with Crippen molar-refractivity contribution in [2.45, 2.75) is 38.7 Å². The van der Waals surface area contributed by atoms with E-state index in [9.17, 15) is 34.8 Å². The van der Waals surface area contributed by atoms with E-state index in [1.165, 1.54) is 6.07 Å². The normalized spacial score (nSPS) is 26.2. The molecular formula is C27H24O7. The number of phenols is 1. The predicted molar refractivity (Wildman–Crippen MR) is 123 cm³/mol. The molecular weight excluding hydrogens is 436 g/mol. The van der Waals surface area contributed by atoms with Crippen molar-refractivity contribution in [3.63, 3.8) is 0 Å². The number of allylic oxidation sites excluding steroid dienone is 1. The quantitative estimate of drug-likeness (QED) is 0.504. The Hall–Kier alpha value is -3.71. The van der Waals surface area contributed by atoms with Crippen LogP contribution < -0.4 is 0 Å². The first-order valence-corrected chi connectivity index (χ1v) is 11.2. The Bertz CT molecular complexity index is 1360. The van der Waals surface area contributed by atoms with Crippen LogP contribution in [0.2, 0.25) is 0 Å². The first kappa shape index (κ1) is 22.1. The van der Waals surface area contributed by atoms with E-state index in [1.807, 2.05) is 31.2 Å². The maximum Gasteiger partial charge on any atom is 0.202 e. The van der Waals surface area contributed by atoms with Crippen molar-refractivity contribution in [1.29, 1.82) is 0 Å². The van der Waals surface area contributed by atoms with Gasteiger partial charge in [-0.1, -0.05) is 35.9 Å². The van der Waals surface area contributed by atoms with Crippen molar-refractivity contribution in [2.24, 2.45) is 11.8 Å². The molecule has 0 bridgehead atoms. The van der Waals surface area contributed by atoms with Gasteiger partial charge < -0.3 is 20.4 Å². The summed E-state index contributed by atoms with van der Waals surface area (Å²) in [5, 5.41) is 43.8. The minimum atomic E-state index is -2.48.